The largest absolute Gasteiger partial charge is 0.343 e. The van der Waals surface area contributed by atoms with Gasteiger partial charge in [-0.2, -0.15) is 5.10 Å². The Kier molecular flexibility index (Phi) is 5.69. The number of hydrogen-bond donors (Lipinski definition) is 1. The lowest BCUT2D eigenvalue weighted by atomic mass is 9.89. The first kappa shape index (κ1) is 20.7. The number of nitrogens with one attached hydrogen (secondary N) is 1. The summed E-state index contributed by atoms with van der Waals surface area (Å²) in [6.45, 7) is 6.14. The molecule has 0 bridgehead atoms. The number of likely N-dealkylation sites (tertiary alicyclic amines) is 1. The van der Waals surface area contributed by atoms with Gasteiger partial charge in [0.25, 0.3) is 0 Å². The van der Waals surface area contributed by atoms with E-state index in [0.29, 0.717) is 24.7 Å². The zero-order valence-electron chi connectivity index (χ0n) is 17.1. The lowest BCUT2D eigenvalue weighted by molar-refractivity contribution is -0.129. The number of nitrogens with zero attached hydrogens (tertiary/aromatic N) is 4. The number of anilines is 1. The van der Waals surface area contributed by atoms with Crippen molar-refractivity contribution in [3.63, 3.8) is 0 Å². The van der Waals surface area contributed by atoms with E-state index in [1.165, 1.54) is 18.2 Å². The third-order valence-electron chi connectivity index (χ3n) is 6.08. The summed E-state index contributed by atoms with van der Waals surface area (Å²) in [5.41, 5.74) is 2.66. The molecule has 1 N–H and O–H groups in total. The minimum absolute atomic E-state index is 0.0308. The predicted molar refractivity (Wildman–Crippen MR) is 112 cm³/mol. The molecule has 160 valence electrons. The molecule has 2 aromatic rings. The number of amides is 3. The Bertz CT molecular complexity index is 970. The Balaban J connectivity index is 1.48. The minimum atomic E-state index is -0.523. The van der Waals surface area contributed by atoms with Gasteiger partial charge in [-0.1, -0.05) is 11.6 Å². The van der Waals surface area contributed by atoms with Crippen molar-refractivity contribution in [2.45, 2.75) is 51.7 Å². The summed E-state index contributed by atoms with van der Waals surface area (Å²) in [5.74, 6) is -0.0769. The Morgan fingerprint density at radius 3 is 2.67 bits per heavy atom. The van der Waals surface area contributed by atoms with E-state index < -0.39 is 5.82 Å². The Labute approximate surface area is 179 Å². The van der Waals surface area contributed by atoms with Gasteiger partial charge in [-0.15, -0.1) is 0 Å². The second kappa shape index (κ2) is 8.26. The molecule has 4 rings (SSSR count). The molecule has 3 heterocycles. The zero-order valence-corrected chi connectivity index (χ0v) is 17.8. The summed E-state index contributed by atoms with van der Waals surface area (Å²) in [6, 6.07) is 3.84. The van der Waals surface area contributed by atoms with Gasteiger partial charge in [-0.25, -0.2) is 9.18 Å². The molecule has 1 atom stereocenters. The predicted octanol–water partition coefficient (Wildman–Crippen LogP) is 3.84. The molecule has 0 spiro atoms. The van der Waals surface area contributed by atoms with Crippen LogP contribution < -0.4 is 5.32 Å². The topological polar surface area (TPSA) is 70.5 Å². The van der Waals surface area contributed by atoms with Gasteiger partial charge < -0.3 is 15.1 Å². The maximum absolute atomic E-state index is 13.4. The average molecular weight is 434 g/mol. The normalized spacial score (nSPS) is 19.5. The first-order valence-electron chi connectivity index (χ1n) is 10.2. The van der Waals surface area contributed by atoms with E-state index in [0.717, 1.165) is 37.2 Å². The highest BCUT2D eigenvalue weighted by molar-refractivity contribution is 6.31. The summed E-state index contributed by atoms with van der Waals surface area (Å²) in [5, 5.41) is 7.34. The molecule has 1 aromatic carbocycles. The molecule has 2 aliphatic rings. The van der Waals surface area contributed by atoms with Crippen LogP contribution in [0.4, 0.5) is 14.9 Å². The van der Waals surface area contributed by atoms with E-state index in [1.54, 1.807) is 11.8 Å². The average Bonchev–Trinajstić information content (AvgIpc) is 3.12. The van der Waals surface area contributed by atoms with Crippen LogP contribution in [-0.2, 0) is 17.9 Å². The molecule has 30 heavy (non-hydrogen) atoms. The van der Waals surface area contributed by atoms with Crippen LogP contribution in [0.1, 0.15) is 43.9 Å². The van der Waals surface area contributed by atoms with Crippen LogP contribution in [0.15, 0.2) is 24.4 Å². The fourth-order valence-electron chi connectivity index (χ4n) is 4.31. The molecule has 2 aliphatic heterocycles. The Morgan fingerprint density at radius 1 is 1.27 bits per heavy atom. The van der Waals surface area contributed by atoms with Crippen molar-refractivity contribution < 1.29 is 14.0 Å². The smallest absolute Gasteiger partial charge is 0.322 e. The standard InChI is InChI=1S/C21H25ClFN5O2/c1-13-11-28-20(17(10-24-28)15-5-7-26(8-6-15)14(2)29)12-27(13)21(30)25-16-3-4-19(23)18(22)9-16/h3-4,9-10,13,15H,5-8,11-12H2,1-2H3,(H,25,30). The number of rotatable bonds is 2. The number of urea groups is 1. The molecule has 1 aromatic heterocycles. The number of fused-ring (bicyclic) bond motifs is 1. The molecular weight excluding hydrogens is 409 g/mol. The number of halogens is 2. The van der Waals surface area contributed by atoms with E-state index in [9.17, 15) is 14.0 Å². The van der Waals surface area contributed by atoms with Gasteiger partial charge in [-0.3, -0.25) is 9.48 Å². The number of carbonyl (C=O) groups excluding carboxylic acids is 2. The highest BCUT2D eigenvalue weighted by atomic mass is 35.5. The second-order valence-corrected chi connectivity index (χ2v) is 8.45. The van der Waals surface area contributed by atoms with E-state index >= 15 is 0 Å². The number of carbonyl (C=O) groups is 2. The summed E-state index contributed by atoms with van der Waals surface area (Å²) < 4.78 is 15.4. The number of benzene rings is 1. The third kappa shape index (κ3) is 4.01. The maximum atomic E-state index is 13.4. The van der Waals surface area contributed by atoms with Crippen LogP contribution in [0.3, 0.4) is 0 Å². The van der Waals surface area contributed by atoms with Gasteiger partial charge in [0, 0.05) is 25.7 Å². The third-order valence-corrected chi connectivity index (χ3v) is 6.37. The van der Waals surface area contributed by atoms with Crippen molar-refractivity contribution in [1.29, 1.82) is 0 Å². The van der Waals surface area contributed by atoms with Crippen LogP contribution in [0.2, 0.25) is 5.02 Å². The van der Waals surface area contributed by atoms with Gasteiger partial charge >= 0.3 is 6.03 Å². The molecule has 3 amide bonds. The summed E-state index contributed by atoms with van der Waals surface area (Å²) in [7, 11) is 0. The number of aromatic nitrogens is 2. The van der Waals surface area contributed by atoms with Crippen molar-refractivity contribution in [1.82, 2.24) is 19.6 Å². The zero-order chi connectivity index (χ0) is 21.4. The van der Waals surface area contributed by atoms with Crippen LogP contribution >= 0.6 is 11.6 Å². The van der Waals surface area contributed by atoms with Crippen molar-refractivity contribution in [3.8, 4) is 0 Å². The van der Waals surface area contributed by atoms with Gasteiger partial charge in [0.1, 0.15) is 5.82 Å². The molecule has 0 saturated carbocycles. The SMILES string of the molecule is CC(=O)N1CCC(c2cnn3c2CN(C(=O)Nc2ccc(F)c(Cl)c2)C(C)C3)CC1. The molecule has 1 saturated heterocycles. The lowest BCUT2D eigenvalue weighted by Gasteiger charge is -2.36. The molecular formula is C21H25ClFN5O2. The summed E-state index contributed by atoms with van der Waals surface area (Å²) in [4.78, 5) is 28.2. The van der Waals surface area contributed by atoms with E-state index in [-0.39, 0.29) is 23.0 Å². The number of piperidine rings is 1. The monoisotopic (exact) mass is 433 g/mol. The van der Waals surface area contributed by atoms with Crippen LogP contribution in [0.5, 0.6) is 0 Å². The van der Waals surface area contributed by atoms with Gasteiger partial charge in [-0.05, 0) is 49.4 Å². The van der Waals surface area contributed by atoms with Crippen LogP contribution in [0.25, 0.3) is 0 Å². The fourth-order valence-corrected chi connectivity index (χ4v) is 4.49. The molecule has 1 fully saturated rings. The quantitative estimate of drug-likeness (QED) is 0.782. The van der Waals surface area contributed by atoms with E-state index in [4.69, 9.17) is 11.6 Å². The summed E-state index contributed by atoms with van der Waals surface area (Å²) in [6.07, 6.45) is 3.71. The van der Waals surface area contributed by atoms with Crippen molar-refractivity contribution >= 4 is 29.2 Å². The first-order valence-corrected chi connectivity index (χ1v) is 10.5. The Hall–Kier alpha value is -2.61. The first-order chi connectivity index (χ1) is 14.3. The molecule has 7 nitrogen and oxygen atoms in total. The van der Waals surface area contributed by atoms with Crippen molar-refractivity contribution in [3.05, 3.63) is 46.5 Å². The van der Waals surface area contributed by atoms with Crippen LogP contribution in [-0.4, -0.2) is 50.6 Å². The highest BCUT2D eigenvalue weighted by Crippen LogP contribution is 2.33. The molecule has 0 radical (unpaired) electrons. The van der Waals surface area contributed by atoms with E-state index in [2.05, 4.69) is 10.4 Å². The lowest BCUT2D eigenvalue weighted by Crippen LogP contribution is -2.47. The summed E-state index contributed by atoms with van der Waals surface area (Å²) >= 11 is 5.82. The Morgan fingerprint density at radius 2 is 2.00 bits per heavy atom. The fraction of sp³-hybridized carbons (Fsp3) is 0.476. The second-order valence-electron chi connectivity index (χ2n) is 8.05. The van der Waals surface area contributed by atoms with Gasteiger partial charge in [0.05, 0.1) is 36.0 Å². The van der Waals surface area contributed by atoms with Gasteiger partial charge in [0.15, 0.2) is 0 Å². The molecule has 0 aliphatic carbocycles. The van der Waals surface area contributed by atoms with Crippen LogP contribution in [0, 0.1) is 5.82 Å². The minimum Gasteiger partial charge on any atom is -0.343 e. The highest BCUT2D eigenvalue weighted by Gasteiger charge is 2.32. The molecule has 9 heteroatoms. The van der Waals surface area contributed by atoms with Crippen molar-refractivity contribution in [2.24, 2.45) is 0 Å². The molecule has 1 unspecified atom stereocenters. The number of hydrogen-bond acceptors (Lipinski definition) is 3. The maximum Gasteiger partial charge on any atom is 0.322 e. The van der Waals surface area contributed by atoms with Gasteiger partial charge in [0.2, 0.25) is 5.91 Å². The van der Waals surface area contributed by atoms with E-state index in [1.807, 2.05) is 22.7 Å². The van der Waals surface area contributed by atoms with Crippen molar-refractivity contribution in [2.75, 3.05) is 18.4 Å².